The van der Waals surface area contributed by atoms with Gasteiger partial charge in [0.2, 0.25) is 5.95 Å². The summed E-state index contributed by atoms with van der Waals surface area (Å²) in [6, 6.07) is 12.4. The molecule has 0 amide bonds. The predicted octanol–water partition coefficient (Wildman–Crippen LogP) is 5.48. The number of anilines is 3. The lowest BCUT2D eigenvalue weighted by atomic mass is 9.89. The molecule has 1 saturated heterocycles. The maximum absolute atomic E-state index is 14.2. The Labute approximate surface area is 238 Å². The lowest BCUT2D eigenvalue weighted by molar-refractivity contribution is 0.0828. The molecule has 10 heteroatoms. The van der Waals surface area contributed by atoms with Gasteiger partial charge in [-0.05, 0) is 69.0 Å². The second kappa shape index (κ2) is 10.4. The minimum absolute atomic E-state index is 0.314. The Kier molecular flexibility index (Phi) is 6.59. The lowest BCUT2D eigenvalue weighted by Gasteiger charge is -2.41. The molecule has 0 bridgehead atoms. The number of piperazine rings is 1. The summed E-state index contributed by atoms with van der Waals surface area (Å²) in [5.74, 6) is 0.685. The third kappa shape index (κ3) is 4.81. The van der Waals surface area contributed by atoms with Crippen LogP contribution in [0.25, 0.3) is 33.2 Å². The second-order valence-electron chi connectivity index (χ2n) is 11.6. The van der Waals surface area contributed by atoms with Crippen LogP contribution >= 0.6 is 0 Å². The molecule has 0 unspecified atom stereocenters. The Bertz CT molecular complexity index is 1650. The normalized spacial score (nSPS) is 20.7. The number of nitrogen functional groups attached to an aromatic ring is 1. The number of imidazole rings is 1. The number of hydrogen-bond acceptors (Lipinski definition) is 7. The molecule has 4 N–H and O–H groups in total. The van der Waals surface area contributed by atoms with Gasteiger partial charge in [-0.3, -0.25) is 4.90 Å². The molecule has 2 aliphatic rings. The number of halogens is 1. The van der Waals surface area contributed by atoms with Crippen LogP contribution in [-0.4, -0.2) is 73.6 Å². The highest BCUT2D eigenvalue weighted by atomic mass is 19.1. The van der Waals surface area contributed by atoms with Crippen LogP contribution in [0.5, 0.6) is 0 Å². The van der Waals surface area contributed by atoms with Crippen molar-refractivity contribution >= 4 is 39.5 Å². The number of likely N-dealkylation sites (N-methyl/N-ethyl adjacent to an activating group) is 1. The fourth-order valence-electron chi connectivity index (χ4n) is 6.62. The van der Waals surface area contributed by atoms with Crippen LogP contribution in [-0.2, 0) is 0 Å². The van der Waals surface area contributed by atoms with Crippen molar-refractivity contribution in [1.29, 1.82) is 0 Å². The summed E-state index contributed by atoms with van der Waals surface area (Å²) < 4.78 is 16.6. The molecule has 0 spiro atoms. The van der Waals surface area contributed by atoms with Gasteiger partial charge in [0, 0.05) is 55.7 Å². The minimum atomic E-state index is -0.314. The highest BCUT2D eigenvalue weighted by molar-refractivity contribution is 6.00. The second-order valence-corrected chi connectivity index (χ2v) is 11.6. The molecule has 41 heavy (non-hydrogen) atoms. The van der Waals surface area contributed by atoms with Gasteiger partial charge in [-0.15, -0.1) is 0 Å². The molecular formula is C31H36FN9. The van der Waals surface area contributed by atoms with Crippen molar-refractivity contribution in [3.8, 4) is 11.1 Å². The van der Waals surface area contributed by atoms with E-state index in [-0.39, 0.29) is 5.82 Å². The Hall–Kier alpha value is -4.02. The highest BCUT2D eigenvalue weighted by Gasteiger charge is 2.30. The quantitative estimate of drug-likeness (QED) is 0.265. The molecule has 1 saturated carbocycles. The average molecular weight is 554 g/mol. The number of nitrogens with one attached hydrogen (secondary N) is 2. The highest BCUT2D eigenvalue weighted by Crippen LogP contribution is 2.39. The zero-order chi connectivity index (χ0) is 28.1. The summed E-state index contributed by atoms with van der Waals surface area (Å²) >= 11 is 0. The number of H-pyrrole nitrogens is 1. The van der Waals surface area contributed by atoms with Gasteiger partial charge in [0.25, 0.3) is 0 Å². The average Bonchev–Trinajstić information content (AvgIpc) is 3.60. The summed E-state index contributed by atoms with van der Waals surface area (Å²) in [4.78, 5) is 21.7. The molecule has 0 radical (unpaired) electrons. The number of aromatic nitrogens is 5. The maximum Gasteiger partial charge on any atom is 0.205 e. The van der Waals surface area contributed by atoms with E-state index < -0.39 is 0 Å². The molecular weight excluding hydrogens is 517 g/mol. The van der Waals surface area contributed by atoms with Gasteiger partial charge in [-0.2, -0.15) is 0 Å². The number of aryl methyl sites for hydroxylation is 1. The molecule has 7 rings (SSSR count). The van der Waals surface area contributed by atoms with Crippen molar-refractivity contribution in [2.45, 2.75) is 44.7 Å². The van der Waals surface area contributed by atoms with Gasteiger partial charge >= 0.3 is 0 Å². The summed E-state index contributed by atoms with van der Waals surface area (Å²) in [6.45, 7) is 6.58. The van der Waals surface area contributed by atoms with Gasteiger partial charge in [-0.1, -0.05) is 18.2 Å². The summed E-state index contributed by atoms with van der Waals surface area (Å²) in [6.07, 6.45) is 8.45. The first-order chi connectivity index (χ1) is 19.9. The molecule has 212 valence electrons. The van der Waals surface area contributed by atoms with E-state index in [1.165, 1.54) is 32.0 Å². The number of nitrogens with two attached hydrogens (primary N) is 1. The number of aromatic amines is 1. The first-order valence-corrected chi connectivity index (χ1v) is 14.5. The Morgan fingerprint density at radius 3 is 2.41 bits per heavy atom. The van der Waals surface area contributed by atoms with E-state index in [1.807, 2.05) is 19.1 Å². The molecule has 3 aromatic heterocycles. The van der Waals surface area contributed by atoms with Gasteiger partial charge in [-0.25, -0.2) is 19.3 Å². The Balaban J connectivity index is 1.13. The summed E-state index contributed by atoms with van der Waals surface area (Å²) in [7, 11) is 2.21. The third-order valence-electron chi connectivity index (χ3n) is 9.01. The number of benzene rings is 2. The zero-order valence-corrected chi connectivity index (χ0v) is 23.6. The summed E-state index contributed by atoms with van der Waals surface area (Å²) in [5, 5.41) is 4.17. The van der Waals surface area contributed by atoms with Crippen LogP contribution < -0.4 is 11.1 Å². The number of nitrogens with zero attached hydrogens (tertiary/aromatic N) is 6. The van der Waals surface area contributed by atoms with Crippen LogP contribution in [0.1, 0.15) is 37.3 Å². The Morgan fingerprint density at radius 2 is 1.68 bits per heavy atom. The predicted molar refractivity (Wildman–Crippen MR) is 162 cm³/mol. The molecule has 1 aliphatic heterocycles. The standard InChI is InChI=1S/C31H36FN9/c1-19-3-12-25(32)28-27(19)37-31(38-28)36-21-6-4-20(5-7-21)24-17-41(30-26(24)29(33)34-18-35-30)23-10-8-22(9-11-23)40-15-13-39(2)14-16-40/h3-7,12,17-18,22-23H,8-11,13-16H2,1-2H3,(H2,33,34,35)(H2,36,37,38)/t22-,23+. The molecule has 2 aromatic carbocycles. The van der Waals surface area contributed by atoms with E-state index in [9.17, 15) is 4.39 Å². The van der Waals surface area contributed by atoms with Crippen molar-refractivity contribution < 1.29 is 4.39 Å². The molecule has 5 aromatic rings. The van der Waals surface area contributed by atoms with Crippen LogP contribution in [0.15, 0.2) is 48.9 Å². The Morgan fingerprint density at radius 1 is 0.951 bits per heavy atom. The topological polar surface area (TPSA) is 104 Å². The fourth-order valence-corrected chi connectivity index (χ4v) is 6.62. The van der Waals surface area contributed by atoms with Gasteiger partial charge in [0.1, 0.15) is 29.1 Å². The molecule has 9 nitrogen and oxygen atoms in total. The van der Waals surface area contributed by atoms with Crippen LogP contribution in [0.2, 0.25) is 0 Å². The van der Waals surface area contributed by atoms with E-state index in [4.69, 9.17) is 5.73 Å². The monoisotopic (exact) mass is 553 g/mol. The van der Waals surface area contributed by atoms with Crippen LogP contribution in [0.4, 0.5) is 21.8 Å². The van der Waals surface area contributed by atoms with Crippen molar-refractivity contribution in [1.82, 2.24) is 34.3 Å². The fraction of sp³-hybridized carbons (Fsp3) is 0.387. The van der Waals surface area contributed by atoms with Crippen molar-refractivity contribution in [2.24, 2.45) is 0 Å². The smallest absolute Gasteiger partial charge is 0.205 e. The minimum Gasteiger partial charge on any atom is -0.383 e. The van der Waals surface area contributed by atoms with E-state index in [0.717, 1.165) is 59.3 Å². The third-order valence-corrected chi connectivity index (χ3v) is 9.01. The molecule has 2 fully saturated rings. The van der Waals surface area contributed by atoms with E-state index in [1.54, 1.807) is 12.4 Å². The van der Waals surface area contributed by atoms with Gasteiger partial charge in [0.15, 0.2) is 0 Å². The lowest BCUT2D eigenvalue weighted by Crippen LogP contribution is -2.49. The largest absolute Gasteiger partial charge is 0.383 e. The van der Waals surface area contributed by atoms with Crippen LogP contribution in [0.3, 0.4) is 0 Å². The van der Waals surface area contributed by atoms with Crippen molar-refractivity contribution in [3.63, 3.8) is 0 Å². The van der Waals surface area contributed by atoms with Gasteiger partial charge < -0.3 is 25.5 Å². The molecule has 0 atom stereocenters. The number of fused-ring (bicyclic) bond motifs is 2. The number of hydrogen-bond donors (Lipinski definition) is 3. The van der Waals surface area contributed by atoms with E-state index in [0.29, 0.717) is 34.9 Å². The van der Waals surface area contributed by atoms with E-state index >= 15 is 0 Å². The SMILES string of the molecule is Cc1ccc(F)c2[nH]c(Nc3ccc(-c4cn([C@H]5CC[C@@H](N6CCN(C)CC6)CC5)c5ncnc(N)c45)cc3)nc12. The zero-order valence-electron chi connectivity index (χ0n) is 23.6. The van der Waals surface area contributed by atoms with Crippen LogP contribution in [0, 0.1) is 12.7 Å². The number of rotatable bonds is 5. The first-order valence-electron chi connectivity index (χ1n) is 14.5. The maximum atomic E-state index is 14.2. The van der Waals surface area contributed by atoms with Crippen molar-refractivity contribution in [2.75, 3.05) is 44.3 Å². The summed E-state index contributed by atoms with van der Waals surface area (Å²) in [5.41, 5.74) is 12.2. The van der Waals surface area contributed by atoms with Gasteiger partial charge in [0.05, 0.1) is 10.9 Å². The first kappa shape index (κ1) is 25.9. The van der Waals surface area contributed by atoms with E-state index in [2.05, 4.69) is 65.0 Å². The molecule has 1 aliphatic carbocycles. The molecule has 4 heterocycles. The van der Waals surface area contributed by atoms with Crippen molar-refractivity contribution in [3.05, 3.63) is 60.3 Å².